The van der Waals surface area contributed by atoms with Gasteiger partial charge in [-0.15, -0.1) is 5.10 Å². The molecule has 0 aliphatic carbocycles. The van der Waals surface area contributed by atoms with E-state index in [2.05, 4.69) is 25.5 Å². The number of aromatic amines is 1. The van der Waals surface area contributed by atoms with Gasteiger partial charge in [0.05, 0.1) is 0 Å². The van der Waals surface area contributed by atoms with Gasteiger partial charge in [0, 0.05) is 24.5 Å². The summed E-state index contributed by atoms with van der Waals surface area (Å²) in [6.07, 6.45) is -2.69. The van der Waals surface area contributed by atoms with Crippen molar-refractivity contribution in [3.63, 3.8) is 0 Å². The summed E-state index contributed by atoms with van der Waals surface area (Å²) in [5.41, 5.74) is 5.25. The lowest BCUT2D eigenvalue weighted by molar-refractivity contribution is -0.134. The maximum absolute atomic E-state index is 11.9. The molecular formula is C12H17F3N6O5S. The number of aliphatic imine (C=N–C) groups is 1. The molecule has 1 aromatic rings. The minimum atomic E-state index is -4.41. The van der Waals surface area contributed by atoms with E-state index in [-0.39, 0.29) is 12.6 Å². The molecule has 27 heavy (non-hydrogen) atoms. The summed E-state index contributed by atoms with van der Waals surface area (Å²) in [5, 5.41) is 33.3. The zero-order valence-corrected chi connectivity index (χ0v) is 14.4. The van der Waals surface area contributed by atoms with E-state index in [1.165, 1.54) is 11.8 Å². The monoisotopic (exact) mass is 414 g/mol. The molecule has 0 fully saturated rings. The summed E-state index contributed by atoms with van der Waals surface area (Å²) in [4.78, 5) is 26.1. The molecule has 1 aromatic heterocycles. The Labute approximate surface area is 154 Å². The highest BCUT2D eigenvalue weighted by Gasteiger charge is 2.26. The van der Waals surface area contributed by atoms with E-state index in [0.29, 0.717) is 29.5 Å². The van der Waals surface area contributed by atoms with Crippen molar-refractivity contribution >= 4 is 35.6 Å². The fraction of sp³-hybridized carbons (Fsp3) is 0.417. The lowest BCUT2D eigenvalue weighted by atomic mass is 10.5. The fourth-order valence-corrected chi connectivity index (χ4v) is 1.80. The van der Waals surface area contributed by atoms with Gasteiger partial charge in [0.1, 0.15) is 6.54 Å². The van der Waals surface area contributed by atoms with Gasteiger partial charge in [0.15, 0.2) is 11.1 Å². The van der Waals surface area contributed by atoms with Crippen molar-refractivity contribution in [2.24, 2.45) is 10.7 Å². The second-order valence-electron chi connectivity index (χ2n) is 4.34. The van der Waals surface area contributed by atoms with Crippen molar-refractivity contribution in [2.45, 2.75) is 17.8 Å². The number of aliphatic carboxylic acids is 2. The molecule has 0 aromatic carbocycles. The molecule has 152 valence electrons. The Morgan fingerprint density at radius 1 is 1.30 bits per heavy atom. The Morgan fingerprint density at radius 3 is 2.37 bits per heavy atom. The highest BCUT2D eigenvalue weighted by atomic mass is 32.2. The molecule has 0 atom stereocenters. The first-order valence-corrected chi connectivity index (χ1v) is 7.95. The third-order valence-corrected chi connectivity index (χ3v) is 2.99. The van der Waals surface area contributed by atoms with Gasteiger partial charge in [-0.25, -0.2) is 14.6 Å². The van der Waals surface area contributed by atoms with Crippen molar-refractivity contribution in [3.8, 4) is 0 Å². The first kappa shape index (κ1) is 24.2. The lowest BCUT2D eigenvalue weighted by Crippen LogP contribution is -2.26. The first-order valence-electron chi connectivity index (χ1n) is 6.97. The van der Waals surface area contributed by atoms with E-state index in [9.17, 15) is 22.8 Å². The van der Waals surface area contributed by atoms with Crippen LogP contribution in [0.4, 0.5) is 19.1 Å². The SMILES string of the molecule is NC(=NCC(F)(F)F)Nc1n[nH]c(SCCCO)n1.O=C(O)C=CC(=O)O. The van der Waals surface area contributed by atoms with E-state index >= 15 is 0 Å². The van der Waals surface area contributed by atoms with Crippen LogP contribution in [-0.2, 0) is 9.59 Å². The minimum Gasteiger partial charge on any atom is -0.478 e. The van der Waals surface area contributed by atoms with Crippen LogP contribution in [0.25, 0.3) is 0 Å². The van der Waals surface area contributed by atoms with Gasteiger partial charge in [0.25, 0.3) is 0 Å². The topological polar surface area (TPSA) is 187 Å². The number of carboxylic acid groups (broad SMARTS) is 2. The van der Waals surface area contributed by atoms with Gasteiger partial charge in [-0.05, 0) is 6.42 Å². The molecule has 0 aliphatic heterocycles. The highest BCUT2D eigenvalue weighted by Crippen LogP contribution is 2.15. The molecule has 0 bridgehead atoms. The number of hydrogen-bond acceptors (Lipinski definition) is 7. The number of nitrogens with two attached hydrogens (primary N) is 1. The van der Waals surface area contributed by atoms with Crippen molar-refractivity contribution in [1.82, 2.24) is 15.2 Å². The van der Waals surface area contributed by atoms with Crippen LogP contribution in [-0.4, -0.2) is 73.5 Å². The number of anilines is 1. The molecule has 1 heterocycles. The van der Waals surface area contributed by atoms with Crippen LogP contribution in [0.3, 0.4) is 0 Å². The van der Waals surface area contributed by atoms with Gasteiger partial charge in [-0.1, -0.05) is 11.8 Å². The number of nitrogens with one attached hydrogen (secondary N) is 2. The summed E-state index contributed by atoms with van der Waals surface area (Å²) in [5.74, 6) is -2.25. The quantitative estimate of drug-likeness (QED) is 0.113. The normalized spacial score (nSPS) is 11.8. The Morgan fingerprint density at radius 2 is 1.89 bits per heavy atom. The number of guanidine groups is 1. The third-order valence-electron chi connectivity index (χ3n) is 2.04. The highest BCUT2D eigenvalue weighted by molar-refractivity contribution is 7.99. The van der Waals surface area contributed by atoms with Gasteiger partial charge < -0.3 is 21.1 Å². The Balaban J connectivity index is 0.000000713. The van der Waals surface area contributed by atoms with Gasteiger partial charge in [0.2, 0.25) is 5.95 Å². The lowest BCUT2D eigenvalue weighted by Gasteiger charge is -2.03. The molecule has 0 saturated heterocycles. The first-order chi connectivity index (χ1) is 12.5. The van der Waals surface area contributed by atoms with Gasteiger partial charge in [-0.3, -0.25) is 10.4 Å². The molecule has 1 rings (SSSR count). The molecule has 0 unspecified atom stereocenters. The molecule has 7 N–H and O–H groups in total. The molecule has 0 aliphatic rings. The van der Waals surface area contributed by atoms with E-state index in [0.717, 1.165) is 0 Å². The van der Waals surface area contributed by atoms with E-state index in [4.69, 9.17) is 21.1 Å². The number of hydrogen-bond donors (Lipinski definition) is 6. The number of carboxylic acids is 2. The maximum Gasteiger partial charge on any atom is 0.408 e. The zero-order chi connectivity index (χ0) is 20.9. The van der Waals surface area contributed by atoms with Crippen LogP contribution in [0.15, 0.2) is 22.3 Å². The average molecular weight is 414 g/mol. The second-order valence-corrected chi connectivity index (χ2v) is 5.42. The molecule has 0 saturated carbocycles. The number of carbonyl (C=O) groups is 2. The number of rotatable bonds is 8. The van der Waals surface area contributed by atoms with Crippen LogP contribution in [0.2, 0.25) is 0 Å². The van der Waals surface area contributed by atoms with Gasteiger partial charge in [-0.2, -0.15) is 18.2 Å². The van der Waals surface area contributed by atoms with E-state index in [1.54, 1.807) is 0 Å². The number of aromatic nitrogens is 3. The van der Waals surface area contributed by atoms with Crippen molar-refractivity contribution in [1.29, 1.82) is 0 Å². The Hall–Kier alpha value is -2.81. The van der Waals surface area contributed by atoms with Gasteiger partial charge >= 0.3 is 18.1 Å². The molecule has 11 nitrogen and oxygen atoms in total. The summed E-state index contributed by atoms with van der Waals surface area (Å²) in [6.45, 7) is -1.29. The van der Waals surface area contributed by atoms with Crippen LogP contribution >= 0.6 is 11.8 Å². The number of alkyl halides is 3. The van der Waals surface area contributed by atoms with Crippen molar-refractivity contribution < 1.29 is 38.1 Å². The number of nitrogens with zero attached hydrogens (tertiary/aromatic N) is 3. The molecule has 0 spiro atoms. The van der Waals surface area contributed by atoms with E-state index in [1.807, 2.05) is 0 Å². The second kappa shape index (κ2) is 12.5. The van der Waals surface area contributed by atoms with Crippen LogP contribution in [0.5, 0.6) is 0 Å². The third kappa shape index (κ3) is 15.2. The number of thioether (sulfide) groups is 1. The molecule has 0 amide bonds. The maximum atomic E-state index is 11.9. The number of H-pyrrole nitrogens is 1. The van der Waals surface area contributed by atoms with Crippen LogP contribution in [0, 0.1) is 0 Å². The zero-order valence-electron chi connectivity index (χ0n) is 13.6. The predicted molar refractivity (Wildman–Crippen MR) is 89.4 cm³/mol. The summed E-state index contributed by atoms with van der Waals surface area (Å²) >= 11 is 1.32. The molecule has 0 radical (unpaired) electrons. The summed E-state index contributed by atoms with van der Waals surface area (Å²) in [6, 6.07) is 0. The largest absolute Gasteiger partial charge is 0.478 e. The van der Waals surface area contributed by atoms with Crippen LogP contribution in [0.1, 0.15) is 6.42 Å². The number of aliphatic hydroxyl groups excluding tert-OH is 1. The smallest absolute Gasteiger partial charge is 0.408 e. The average Bonchev–Trinajstić information content (AvgIpc) is 2.98. The minimum absolute atomic E-state index is 0.0370. The molecule has 15 heteroatoms. The number of aliphatic hydroxyl groups is 1. The van der Waals surface area contributed by atoms with Crippen molar-refractivity contribution in [2.75, 3.05) is 24.2 Å². The Kier molecular flexibility index (Phi) is 11.2. The predicted octanol–water partition coefficient (Wildman–Crippen LogP) is 0.280. The summed E-state index contributed by atoms with van der Waals surface area (Å²) < 4.78 is 35.6. The number of halogens is 3. The van der Waals surface area contributed by atoms with Crippen molar-refractivity contribution in [3.05, 3.63) is 12.2 Å². The standard InChI is InChI=1S/C8H13F3N6OS.C4H4O4/c9-8(10,11)4-13-5(12)14-6-15-7(17-16-6)19-3-1-2-18;5-3(6)1-2-4(7)8/h18H,1-4H2,(H4,12,13,14,15,16,17);1-2H,(H,5,6)(H,7,8). The fourth-order valence-electron chi connectivity index (χ4n) is 1.07. The summed E-state index contributed by atoms with van der Waals surface area (Å²) in [7, 11) is 0. The molecular weight excluding hydrogens is 397 g/mol. The van der Waals surface area contributed by atoms with Crippen LogP contribution < -0.4 is 11.1 Å². The van der Waals surface area contributed by atoms with E-state index < -0.39 is 30.6 Å². The Bertz CT molecular complexity index is 648.